The number of aromatic nitrogens is 4. The minimum atomic E-state index is -0.676. The Balaban J connectivity index is 1.44. The molecule has 0 atom stereocenters. The van der Waals surface area contributed by atoms with Crippen LogP contribution in [0.1, 0.15) is 119 Å². The SMILES string of the molecule is C=CC[Si](CC=C)CCCc1cc(CCC[Si](CC=C)CC=C)cc(-c2c3nc(c(-c4cc(CCC[Si](CC=C)CC=C)cc(CCC[Si](CC=C)CC=C)c4)c4ccc([nH]4)c(-c4cc(CCC[Si](CC=C)CC=C)cc(CCC[Si](CC=C)CC=C)c4)c4nc(c(-c5cc(CCC[Si](CC=C)CC=C)cc(CCC[Si](CC=C)CC=C)c5)c5ccc2[nH]5)C=C4)C=C3)c1. The highest BCUT2D eigenvalue weighted by molar-refractivity contribution is 6.62. The minimum absolute atomic E-state index is 0.676. The minimum Gasteiger partial charge on any atom is -0.354 e. The van der Waals surface area contributed by atoms with Gasteiger partial charge in [-0.25, -0.2) is 9.97 Å². The molecule has 0 unspecified atom stereocenters. The summed E-state index contributed by atoms with van der Waals surface area (Å²) in [5, 5.41) is 0. The molecule has 2 aliphatic rings. The Morgan fingerprint density at radius 3 is 0.453 bits per heavy atom. The highest BCUT2D eigenvalue weighted by Crippen LogP contribution is 2.42. The first-order valence-corrected chi connectivity index (χ1v) is 64.8. The van der Waals surface area contributed by atoms with Crippen LogP contribution in [0.25, 0.3) is 90.9 Å². The van der Waals surface area contributed by atoms with Gasteiger partial charge in [0.25, 0.3) is 0 Å². The fraction of sp³-hybridized carbons (Fsp3) is 0.345. The van der Waals surface area contributed by atoms with Gasteiger partial charge in [0.1, 0.15) is 0 Å². The van der Waals surface area contributed by atoms with Crippen molar-refractivity contribution >= 4 is 117 Å². The van der Waals surface area contributed by atoms with Gasteiger partial charge in [0.2, 0.25) is 0 Å². The van der Waals surface area contributed by atoms with Gasteiger partial charge >= 0.3 is 0 Å². The molecule has 666 valence electrons. The van der Waals surface area contributed by atoms with Crippen molar-refractivity contribution in [3.8, 4) is 44.5 Å². The second-order valence-corrected chi connectivity index (χ2v) is 57.9. The number of rotatable bonds is 68. The second-order valence-electron chi connectivity index (χ2n) is 35.4. The summed E-state index contributed by atoms with van der Waals surface area (Å²) in [6.45, 7) is 67.6. The van der Waals surface area contributed by atoms with Gasteiger partial charge in [-0.05, 0) is 263 Å². The smallest absolute Gasteiger partial charge is 0.0737 e. The molecule has 5 heterocycles. The van der Waals surface area contributed by atoms with E-state index in [1.165, 1.54) is 115 Å². The van der Waals surface area contributed by atoms with E-state index in [0.29, 0.717) is 0 Å². The van der Waals surface area contributed by atoms with Gasteiger partial charge in [-0.2, -0.15) is 0 Å². The maximum Gasteiger partial charge on any atom is 0.0737 e. The number of allylic oxidation sites excluding steroid dienone is 16. The maximum atomic E-state index is 6.18. The van der Waals surface area contributed by atoms with Crippen LogP contribution in [0.15, 0.2) is 300 Å². The zero-order valence-corrected chi connectivity index (χ0v) is 86.3. The van der Waals surface area contributed by atoms with Crippen molar-refractivity contribution in [2.45, 2.75) is 248 Å². The van der Waals surface area contributed by atoms with Crippen LogP contribution in [0, 0.1) is 0 Å². The van der Waals surface area contributed by atoms with Gasteiger partial charge in [0.15, 0.2) is 0 Å². The fourth-order valence-electron chi connectivity index (χ4n) is 19.1. The Bertz CT molecular complexity index is 4240. The van der Waals surface area contributed by atoms with E-state index < -0.39 is 70.4 Å². The van der Waals surface area contributed by atoms with Gasteiger partial charge < -0.3 is 9.97 Å². The Hall–Kier alpha value is -8.94. The molecule has 2 aliphatic heterocycles. The summed E-state index contributed by atoms with van der Waals surface area (Å²) in [6, 6.07) is 66.9. The van der Waals surface area contributed by atoms with Crippen LogP contribution in [0.5, 0.6) is 0 Å². The van der Waals surface area contributed by atoms with E-state index in [1.54, 1.807) is 0 Å². The van der Waals surface area contributed by atoms with Gasteiger partial charge in [0, 0.05) is 44.3 Å². The summed E-state index contributed by atoms with van der Waals surface area (Å²) in [4.78, 5) is 21.0. The molecule has 0 amide bonds. The molecule has 0 saturated heterocycles. The number of H-pyrrole nitrogens is 2. The van der Waals surface area contributed by atoms with Crippen molar-refractivity contribution in [3.63, 3.8) is 0 Å². The Labute approximate surface area is 789 Å². The molecule has 3 aromatic heterocycles. The van der Waals surface area contributed by atoms with Crippen LogP contribution >= 0.6 is 0 Å². The third-order valence-corrected chi connectivity index (χ3v) is 47.4. The average Bonchev–Trinajstić information content (AvgIpc) is 1.60. The highest BCUT2D eigenvalue weighted by Gasteiger charge is 2.25. The second kappa shape index (κ2) is 58.0. The van der Waals surface area contributed by atoms with Crippen LogP contribution in [0.4, 0.5) is 0 Å². The molecule has 0 saturated carbocycles. The number of aryl methyl sites for hydroxylation is 8. The van der Waals surface area contributed by atoms with E-state index in [4.69, 9.17) is 9.97 Å². The van der Waals surface area contributed by atoms with Crippen LogP contribution in [-0.4, -0.2) is 90.3 Å². The fourth-order valence-corrected chi connectivity index (χ4v) is 35.7. The summed E-state index contributed by atoms with van der Waals surface area (Å²) in [7, 11) is -5.41. The molecule has 9 rings (SSSR count). The normalized spacial score (nSPS) is 11.8. The van der Waals surface area contributed by atoms with E-state index in [9.17, 15) is 0 Å². The zero-order chi connectivity index (χ0) is 91.0. The highest BCUT2D eigenvalue weighted by atomic mass is 28.3. The lowest BCUT2D eigenvalue weighted by molar-refractivity contribution is 0.881. The average molecular weight is 1830 g/mol. The van der Waals surface area contributed by atoms with Crippen molar-refractivity contribution in [2.75, 3.05) is 0 Å². The quantitative estimate of drug-likeness (QED) is 0.0295. The van der Waals surface area contributed by atoms with Crippen molar-refractivity contribution in [1.29, 1.82) is 0 Å². The van der Waals surface area contributed by atoms with Gasteiger partial charge in [-0.1, -0.05) is 270 Å². The van der Waals surface area contributed by atoms with Gasteiger partial charge in [0.05, 0.1) is 93.1 Å². The largest absolute Gasteiger partial charge is 0.354 e. The number of aromatic amines is 2. The van der Waals surface area contributed by atoms with Crippen molar-refractivity contribution in [3.05, 3.63) is 367 Å². The molecule has 2 N–H and O–H groups in total. The first kappa shape index (κ1) is 103. The molecule has 0 aliphatic carbocycles. The summed E-state index contributed by atoms with van der Waals surface area (Å²) in [6.07, 6.45) is 60.3. The summed E-state index contributed by atoms with van der Waals surface area (Å²) < 4.78 is 0. The summed E-state index contributed by atoms with van der Waals surface area (Å²) in [5.74, 6) is 0. The van der Waals surface area contributed by atoms with Gasteiger partial charge in [-0.15, -0.1) is 105 Å². The van der Waals surface area contributed by atoms with E-state index in [2.05, 4.69) is 334 Å². The molecule has 4 aromatic carbocycles. The summed E-state index contributed by atoms with van der Waals surface area (Å²) >= 11 is 0. The standard InChI is InChI=1S/C116H150N4Si8/c1-17-57-121(58-18-2)73-33-41-93-81-94(42-34-74-122(59-19-3)60-20-4)86-101(85-93)113-105-49-51-107(117-105)114(102-87-95(43-35-75-123(61-21-5)62-22-6)82-96(88-102)44-36-76-124(63-23-7)64-24-8)109-53-55-111(119-109)116(104-91-99(47-39-79-127(69-29-13)70-30-14)84-100(92-104)48-40-80-128(71-31-15)72-32-16)112-56-54-110(120-112)115(108-52-50-106(113)118-108)103-89-97(45-37-77-125(65-25-9)66-26-10)83-98(90-103)46-38-78-126(67-27-11)68-28-12/h17-32,49-56,81-92,117,120H,1-16,33-48,57-80H2. The van der Waals surface area contributed by atoms with Crippen LogP contribution in [0.3, 0.4) is 0 Å². The number of nitrogens with one attached hydrogen (secondary N) is 2. The van der Waals surface area contributed by atoms with Crippen LogP contribution in [0.2, 0.25) is 145 Å². The lowest BCUT2D eigenvalue weighted by Crippen LogP contribution is -2.10. The van der Waals surface area contributed by atoms with Crippen LogP contribution in [-0.2, 0) is 51.4 Å². The van der Waals surface area contributed by atoms with Gasteiger partial charge in [-0.3, -0.25) is 0 Å². The third-order valence-electron chi connectivity index (χ3n) is 25.0. The van der Waals surface area contributed by atoms with Crippen molar-refractivity contribution in [1.82, 2.24) is 19.9 Å². The Morgan fingerprint density at radius 2 is 0.328 bits per heavy atom. The number of hydrogen-bond acceptors (Lipinski definition) is 2. The topological polar surface area (TPSA) is 57.4 Å². The lowest BCUT2D eigenvalue weighted by atomic mass is 9.95. The first-order chi connectivity index (χ1) is 62.7. The number of nitrogens with zero attached hydrogens (tertiary/aromatic N) is 2. The molecule has 8 radical (unpaired) electrons. The molecular formula is C116H150N4Si8. The molecule has 7 aromatic rings. The molecule has 8 bridgehead atoms. The maximum absolute atomic E-state index is 6.18. The van der Waals surface area contributed by atoms with E-state index in [0.717, 1.165) is 267 Å². The number of fused-ring (bicyclic) bond motifs is 8. The van der Waals surface area contributed by atoms with Crippen molar-refractivity contribution in [2.24, 2.45) is 0 Å². The zero-order valence-electron chi connectivity index (χ0n) is 78.3. The monoisotopic (exact) mass is 1820 g/mol. The molecule has 128 heavy (non-hydrogen) atoms. The molecule has 0 fully saturated rings. The molecular weight excluding hydrogens is 1670 g/mol. The number of benzene rings is 4. The van der Waals surface area contributed by atoms with E-state index in [-0.39, 0.29) is 0 Å². The Morgan fingerprint density at radius 1 is 0.195 bits per heavy atom. The Kier molecular flexibility index (Phi) is 46.5. The van der Waals surface area contributed by atoms with Crippen molar-refractivity contribution < 1.29 is 0 Å². The first-order valence-electron chi connectivity index (χ1n) is 47.8. The molecule has 0 spiro atoms. The van der Waals surface area contributed by atoms with E-state index in [1.807, 2.05) is 0 Å². The molecule has 12 heteroatoms. The van der Waals surface area contributed by atoms with Crippen LogP contribution < -0.4 is 0 Å². The number of hydrogen-bond donors (Lipinski definition) is 2. The predicted octanol–water partition coefficient (Wildman–Crippen LogP) is 33.7. The van der Waals surface area contributed by atoms with E-state index >= 15 is 0 Å². The molecule has 4 nitrogen and oxygen atoms in total. The lowest BCUT2D eigenvalue weighted by Gasteiger charge is -2.15. The predicted molar refractivity (Wildman–Crippen MR) is 592 cm³/mol. The third kappa shape index (κ3) is 32.9. The summed E-state index contributed by atoms with van der Waals surface area (Å²) in [5.41, 5.74) is 28.0.